The van der Waals surface area contributed by atoms with Crippen LogP contribution in [0.2, 0.25) is 0 Å². The van der Waals surface area contributed by atoms with Crippen LogP contribution in [0, 0.1) is 0 Å². The molecule has 7 nitrogen and oxygen atoms in total. The van der Waals surface area contributed by atoms with Crippen LogP contribution in [-0.4, -0.2) is 53.5 Å². The molecule has 1 rings (SSSR count). The fourth-order valence-corrected chi connectivity index (χ4v) is 2.66. The van der Waals surface area contributed by atoms with Gasteiger partial charge in [-0.2, -0.15) is 4.72 Å². The largest absolute Gasteiger partial charge is 0.356 e. The summed E-state index contributed by atoms with van der Waals surface area (Å²) in [7, 11) is 0. The lowest BCUT2D eigenvalue weighted by Crippen LogP contribution is -2.35. The second-order valence-electron chi connectivity index (χ2n) is 4.67. The van der Waals surface area contributed by atoms with Gasteiger partial charge in [-0.1, -0.05) is 0 Å². The number of nitrogens with two attached hydrogens (primary N) is 1. The monoisotopic (exact) mass is 301 g/mol. The summed E-state index contributed by atoms with van der Waals surface area (Å²) in [4.78, 5) is 36.3. The summed E-state index contributed by atoms with van der Waals surface area (Å²) in [6, 6.07) is -0.0662. The fraction of sp³-hybridized carbons (Fsp3) is 0.750. The second kappa shape index (κ2) is 8.23. The van der Waals surface area contributed by atoms with E-state index in [0.717, 1.165) is 16.8 Å². The van der Waals surface area contributed by atoms with Crippen molar-refractivity contribution in [2.24, 2.45) is 5.73 Å². The smallest absolute Gasteiger partial charge is 0.244 e. The molecule has 1 aliphatic rings. The SMILES string of the molecule is CCNC(=O)CCN1C(=O)CC(S[N]CC(C)N)C1=O. The summed E-state index contributed by atoms with van der Waals surface area (Å²) in [5.74, 6) is -0.670. The van der Waals surface area contributed by atoms with Crippen molar-refractivity contribution >= 4 is 29.7 Å². The van der Waals surface area contributed by atoms with Crippen LogP contribution < -0.4 is 15.8 Å². The summed E-state index contributed by atoms with van der Waals surface area (Å²) in [6.07, 6.45) is 0.279. The maximum atomic E-state index is 12.0. The highest BCUT2D eigenvalue weighted by Crippen LogP contribution is 2.23. The van der Waals surface area contributed by atoms with E-state index < -0.39 is 5.25 Å². The molecule has 2 unspecified atom stereocenters. The van der Waals surface area contributed by atoms with Crippen molar-refractivity contribution in [2.45, 2.75) is 38.0 Å². The Hall–Kier alpha value is -1.12. The number of amides is 3. The molecule has 1 heterocycles. The minimum atomic E-state index is -0.476. The van der Waals surface area contributed by atoms with Crippen molar-refractivity contribution in [3.63, 3.8) is 0 Å². The number of hydrogen-bond acceptors (Lipinski definition) is 5. The molecule has 1 saturated heterocycles. The van der Waals surface area contributed by atoms with E-state index >= 15 is 0 Å². The molecule has 2 atom stereocenters. The molecule has 3 amide bonds. The van der Waals surface area contributed by atoms with Crippen molar-refractivity contribution < 1.29 is 14.4 Å². The summed E-state index contributed by atoms with van der Waals surface area (Å²) >= 11 is 1.10. The van der Waals surface area contributed by atoms with E-state index in [1.165, 1.54) is 0 Å². The highest BCUT2D eigenvalue weighted by atomic mass is 32.2. The lowest BCUT2D eigenvalue weighted by Gasteiger charge is -2.14. The summed E-state index contributed by atoms with van der Waals surface area (Å²) < 4.78 is 4.11. The zero-order chi connectivity index (χ0) is 15.1. The predicted molar refractivity (Wildman–Crippen MR) is 76.7 cm³/mol. The summed E-state index contributed by atoms with van der Waals surface area (Å²) in [5.41, 5.74) is 5.56. The minimum absolute atomic E-state index is 0.0662. The van der Waals surface area contributed by atoms with Gasteiger partial charge in [0, 0.05) is 38.5 Å². The third kappa shape index (κ3) is 5.10. The Balaban J connectivity index is 2.40. The van der Waals surface area contributed by atoms with Gasteiger partial charge >= 0.3 is 0 Å². The van der Waals surface area contributed by atoms with Crippen LogP contribution in [0.25, 0.3) is 0 Å². The molecule has 3 N–H and O–H groups in total. The van der Waals surface area contributed by atoms with Crippen LogP contribution in [0.3, 0.4) is 0 Å². The Labute approximate surface area is 123 Å². The number of nitrogens with one attached hydrogen (secondary N) is 1. The second-order valence-corrected chi connectivity index (χ2v) is 5.71. The number of hydrogen-bond donors (Lipinski definition) is 2. The molecular formula is C12H21N4O3S. The topological polar surface area (TPSA) is 107 Å². The van der Waals surface area contributed by atoms with Gasteiger partial charge < -0.3 is 11.1 Å². The molecule has 0 aromatic rings. The highest BCUT2D eigenvalue weighted by molar-refractivity contribution is 7.98. The maximum Gasteiger partial charge on any atom is 0.244 e. The zero-order valence-electron chi connectivity index (χ0n) is 11.8. The van der Waals surface area contributed by atoms with E-state index in [4.69, 9.17) is 5.73 Å². The van der Waals surface area contributed by atoms with Crippen LogP contribution in [0.5, 0.6) is 0 Å². The lowest BCUT2D eigenvalue weighted by atomic mass is 10.3. The van der Waals surface area contributed by atoms with Crippen molar-refractivity contribution in [1.29, 1.82) is 0 Å². The van der Waals surface area contributed by atoms with Crippen LogP contribution >= 0.6 is 11.9 Å². The van der Waals surface area contributed by atoms with Crippen LogP contribution in [0.15, 0.2) is 0 Å². The van der Waals surface area contributed by atoms with Gasteiger partial charge in [-0.05, 0) is 25.8 Å². The molecule has 1 fully saturated rings. The van der Waals surface area contributed by atoms with Gasteiger partial charge in [-0.15, -0.1) is 0 Å². The third-order valence-corrected chi connectivity index (χ3v) is 3.62. The molecule has 0 aromatic carbocycles. The number of imide groups is 1. The molecule has 1 aliphatic heterocycles. The van der Waals surface area contributed by atoms with Crippen molar-refractivity contribution in [1.82, 2.24) is 14.9 Å². The lowest BCUT2D eigenvalue weighted by molar-refractivity contribution is -0.138. The predicted octanol–water partition coefficient (Wildman–Crippen LogP) is -0.760. The molecule has 0 aromatic heterocycles. The Bertz CT molecular complexity index is 376. The van der Waals surface area contributed by atoms with Crippen LogP contribution in [0.4, 0.5) is 0 Å². The Morgan fingerprint density at radius 1 is 1.60 bits per heavy atom. The van der Waals surface area contributed by atoms with Crippen molar-refractivity contribution in [3.05, 3.63) is 0 Å². The minimum Gasteiger partial charge on any atom is -0.356 e. The van der Waals surface area contributed by atoms with E-state index in [1.807, 2.05) is 13.8 Å². The molecule has 0 spiro atoms. The zero-order valence-corrected chi connectivity index (χ0v) is 12.6. The Kier molecular flexibility index (Phi) is 6.97. The average molecular weight is 301 g/mol. The number of rotatable bonds is 8. The number of nitrogens with zero attached hydrogens (tertiary/aromatic N) is 2. The third-order valence-electron chi connectivity index (χ3n) is 2.70. The van der Waals surface area contributed by atoms with Gasteiger partial charge in [0.25, 0.3) is 0 Å². The first kappa shape index (κ1) is 16.9. The van der Waals surface area contributed by atoms with Crippen molar-refractivity contribution in [2.75, 3.05) is 19.6 Å². The standard InChI is InChI=1S/C12H21N4O3S/c1-3-14-10(17)4-5-16-11(18)6-9(12(16)19)20-15-7-8(2)13/h8-9H,3-7,13H2,1-2H3,(H,14,17). The molecular weight excluding hydrogens is 280 g/mol. The number of carbonyl (C=O) groups excluding carboxylic acids is 3. The van der Waals surface area contributed by atoms with Gasteiger partial charge in [0.05, 0.1) is 0 Å². The van der Waals surface area contributed by atoms with Crippen LogP contribution in [0.1, 0.15) is 26.7 Å². The average Bonchev–Trinajstić information content (AvgIpc) is 2.62. The first-order chi connectivity index (χ1) is 9.45. The molecule has 0 aliphatic carbocycles. The molecule has 113 valence electrons. The van der Waals surface area contributed by atoms with Crippen LogP contribution in [-0.2, 0) is 14.4 Å². The number of carbonyl (C=O) groups is 3. The highest BCUT2D eigenvalue weighted by Gasteiger charge is 2.39. The quantitative estimate of drug-likeness (QED) is 0.453. The fourth-order valence-electron chi connectivity index (χ4n) is 1.72. The van der Waals surface area contributed by atoms with Gasteiger partial charge in [-0.25, -0.2) is 0 Å². The molecule has 0 bridgehead atoms. The first-order valence-electron chi connectivity index (χ1n) is 6.64. The molecule has 8 heteroatoms. The van der Waals surface area contributed by atoms with Crippen molar-refractivity contribution in [3.8, 4) is 0 Å². The van der Waals surface area contributed by atoms with Gasteiger partial charge in [-0.3, -0.25) is 19.3 Å². The normalized spacial score (nSPS) is 20.4. The van der Waals surface area contributed by atoms with Gasteiger partial charge in [0.15, 0.2) is 0 Å². The van der Waals surface area contributed by atoms with E-state index in [2.05, 4.69) is 10.0 Å². The Morgan fingerprint density at radius 2 is 2.30 bits per heavy atom. The summed E-state index contributed by atoms with van der Waals surface area (Å²) in [6.45, 7) is 4.76. The Morgan fingerprint density at radius 3 is 2.90 bits per heavy atom. The first-order valence-corrected chi connectivity index (χ1v) is 7.48. The summed E-state index contributed by atoms with van der Waals surface area (Å²) in [5, 5.41) is 2.15. The van der Waals surface area contributed by atoms with Gasteiger partial charge in [0.2, 0.25) is 17.7 Å². The maximum absolute atomic E-state index is 12.0. The van der Waals surface area contributed by atoms with E-state index in [9.17, 15) is 14.4 Å². The molecule has 1 radical (unpaired) electrons. The van der Waals surface area contributed by atoms with E-state index in [-0.39, 0.29) is 43.1 Å². The number of likely N-dealkylation sites (tertiary alicyclic amines) is 1. The van der Waals surface area contributed by atoms with Gasteiger partial charge in [0.1, 0.15) is 5.25 Å². The molecule has 20 heavy (non-hydrogen) atoms. The van der Waals surface area contributed by atoms with E-state index in [0.29, 0.717) is 13.1 Å². The molecule has 0 saturated carbocycles. The van der Waals surface area contributed by atoms with E-state index in [1.54, 1.807) is 0 Å².